The number of nitrogens with one attached hydrogen (secondary N) is 1. The van der Waals surface area contributed by atoms with Gasteiger partial charge in [0.15, 0.2) is 5.82 Å². The number of H-pyrrole nitrogens is 1. The highest BCUT2D eigenvalue weighted by Gasteiger charge is 2.10. The molecule has 0 spiro atoms. The van der Waals surface area contributed by atoms with E-state index >= 15 is 0 Å². The minimum atomic E-state index is -0.381. The van der Waals surface area contributed by atoms with Crippen molar-refractivity contribution in [3.63, 3.8) is 0 Å². The summed E-state index contributed by atoms with van der Waals surface area (Å²) in [6.45, 7) is 2.30. The van der Waals surface area contributed by atoms with Gasteiger partial charge in [-0.05, 0) is 13.3 Å². The minimum absolute atomic E-state index is 0.0746. The summed E-state index contributed by atoms with van der Waals surface area (Å²) in [6, 6.07) is 0. The maximum absolute atomic E-state index is 11.2. The fourth-order valence-corrected chi connectivity index (χ4v) is 1.37. The van der Waals surface area contributed by atoms with Crippen molar-refractivity contribution in [2.45, 2.75) is 19.4 Å². The van der Waals surface area contributed by atoms with Crippen LogP contribution in [0.25, 0.3) is 0 Å². The number of halogens is 1. The molecule has 6 heteroatoms. The first-order valence-corrected chi connectivity index (χ1v) is 5.02. The minimum Gasteiger partial charge on any atom is -0.393 e. The van der Waals surface area contributed by atoms with Gasteiger partial charge in [0.25, 0.3) is 5.56 Å². The van der Waals surface area contributed by atoms with Crippen LogP contribution < -0.4 is 10.5 Å². The zero-order valence-electron chi connectivity index (χ0n) is 8.70. The molecule has 0 amide bonds. The third kappa shape index (κ3) is 3.21. The first kappa shape index (κ1) is 12.0. The Balaban J connectivity index is 2.78. The molecule has 84 valence electrons. The van der Waals surface area contributed by atoms with E-state index in [1.807, 2.05) is 0 Å². The summed E-state index contributed by atoms with van der Waals surface area (Å²) in [5, 5.41) is 9.20. The van der Waals surface area contributed by atoms with Crippen molar-refractivity contribution in [3.05, 3.63) is 21.7 Å². The SMILES string of the molecule is CC(O)CCN(C)c1nc[nH]c(=O)c1Cl. The molecule has 0 saturated carbocycles. The Morgan fingerprint density at radius 1 is 1.73 bits per heavy atom. The standard InChI is InChI=1S/C9H14ClN3O2/c1-6(14)3-4-13(2)8-7(10)9(15)12-5-11-8/h5-6,14H,3-4H2,1-2H3,(H,11,12,15). The second-order valence-electron chi connectivity index (χ2n) is 3.43. The lowest BCUT2D eigenvalue weighted by Gasteiger charge is -2.19. The van der Waals surface area contributed by atoms with Crippen LogP contribution in [-0.4, -0.2) is 34.8 Å². The summed E-state index contributed by atoms with van der Waals surface area (Å²) in [4.78, 5) is 19.3. The van der Waals surface area contributed by atoms with E-state index in [0.717, 1.165) is 0 Å². The zero-order valence-corrected chi connectivity index (χ0v) is 9.45. The molecular weight excluding hydrogens is 218 g/mol. The van der Waals surface area contributed by atoms with Gasteiger partial charge in [0.05, 0.1) is 12.4 Å². The van der Waals surface area contributed by atoms with Crippen LogP contribution in [0, 0.1) is 0 Å². The monoisotopic (exact) mass is 231 g/mol. The molecule has 0 saturated heterocycles. The molecule has 1 heterocycles. The van der Waals surface area contributed by atoms with Crippen LogP contribution in [0.2, 0.25) is 5.02 Å². The van der Waals surface area contributed by atoms with Gasteiger partial charge in [-0.15, -0.1) is 0 Å². The summed E-state index contributed by atoms with van der Waals surface area (Å²) in [5.41, 5.74) is -0.356. The van der Waals surface area contributed by atoms with Gasteiger partial charge in [0.1, 0.15) is 5.02 Å². The molecule has 15 heavy (non-hydrogen) atoms. The molecule has 1 aromatic heterocycles. The van der Waals surface area contributed by atoms with Crippen LogP contribution >= 0.6 is 11.6 Å². The van der Waals surface area contributed by atoms with Crippen molar-refractivity contribution < 1.29 is 5.11 Å². The normalized spacial score (nSPS) is 12.5. The zero-order chi connectivity index (χ0) is 11.4. The van der Waals surface area contributed by atoms with E-state index in [1.54, 1.807) is 18.9 Å². The fourth-order valence-electron chi connectivity index (χ4n) is 1.13. The van der Waals surface area contributed by atoms with E-state index in [-0.39, 0.29) is 16.7 Å². The summed E-state index contributed by atoms with van der Waals surface area (Å²) >= 11 is 5.79. The van der Waals surface area contributed by atoms with Gasteiger partial charge < -0.3 is 15.0 Å². The lowest BCUT2D eigenvalue weighted by atomic mass is 10.3. The molecule has 0 fully saturated rings. The lowest BCUT2D eigenvalue weighted by molar-refractivity contribution is 0.187. The van der Waals surface area contributed by atoms with Gasteiger partial charge >= 0.3 is 0 Å². The number of aromatic nitrogens is 2. The smallest absolute Gasteiger partial charge is 0.271 e. The van der Waals surface area contributed by atoms with Gasteiger partial charge in [-0.1, -0.05) is 11.6 Å². The Bertz CT molecular complexity index is 378. The number of rotatable bonds is 4. The molecule has 1 aromatic rings. The van der Waals surface area contributed by atoms with Crippen LogP contribution in [0.1, 0.15) is 13.3 Å². The molecule has 0 aliphatic carbocycles. The van der Waals surface area contributed by atoms with E-state index in [1.165, 1.54) is 6.33 Å². The van der Waals surface area contributed by atoms with E-state index in [4.69, 9.17) is 16.7 Å². The van der Waals surface area contributed by atoms with Crippen LogP contribution in [0.4, 0.5) is 5.82 Å². The second-order valence-corrected chi connectivity index (χ2v) is 3.81. The first-order chi connectivity index (χ1) is 7.02. The highest BCUT2D eigenvalue weighted by Crippen LogP contribution is 2.16. The highest BCUT2D eigenvalue weighted by atomic mass is 35.5. The first-order valence-electron chi connectivity index (χ1n) is 4.64. The number of hydrogen-bond donors (Lipinski definition) is 2. The number of hydrogen-bond acceptors (Lipinski definition) is 4. The molecule has 1 rings (SSSR count). The van der Waals surface area contributed by atoms with Crippen molar-refractivity contribution in [2.75, 3.05) is 18.5 Å². The van der Waals surface area contributed by atoms with Crippen LogP contribution in [0.5, 0.6) is 0 Å². The summed E-state index contributed by atoms with van der Waals surface area (Å²) < 4.78 is 0. The average Bonchev–Trinajstić information content (AvgIpc) is 2.18. The molecule has 0 aliphatic rings. The van der Waals surface area contributed by atoms with E-state index < -0.39 is 0 Å². The Morgan fingerprint density at radius 3 is 3.00 bits per heavy atom. The summed E-state index contributed by atoms with van der Waals surface area (Å²) in [5.74, 6) is 0.432. The predicted octanol–water partition coefficient (Wildman–Crippen LogP) is 0.630. The molecule has 0 bridgehead atoms. The van der Waals surface area contributed by atoms with E-state index in [9.17, 15) is 4.79 Å². The van der Waals surface area contributed by atoms with Gasteiger partial charge in [0.2, 0.25) is 0 Å². The van der Waals surface area contributed by atoms with Crippen molar-refractivity contribution in [3.8, 4) is 0 Å². The Kier molecular flexibility index (Phi) is 4.11. The van der Waals surface area contributed by atoms with Crippen molar-refractivity contribution in [2.24, 2.45) is 0 Å². The predicted molar refractivity (Wildman–Crippen MR) is 59.4 cm³/mol. The lowest BCUT2D eigenvalue weighted by Crippen LogP contribution is -2.25. The van der Waals surface area contributed by atoms with Crippen molar-refractivity contribution in [1.29, 1.82) is 0 Å². The summed E-state index contributed by atoms with van der Waals surface area (Å²) in [7, 11) is 1.77. The van der Waals surface area contributed by atoms with E-state index in [2.05, 4.69) is 9.97 Å². The molecule has 0 radical (unpaired) electrons. The van der Waals surface area contributed by atoms with Gasteiger partial charge in [-0.2, -0.15) is 0 Å². The molecule has 1 atom stereocenters. The van der Waals surface area contributed by atoms with Crippen LogP contribution in [0.3, 0.4) is 0 Å². The maximum atomic E-state index is 11.2. The summed E-state index contributed by atoms with van der Waals surface area (Å²) in [6.07, 6.45) is 1.53. The van der Waals surface area contributed by atoms with Crippen molar-refractivity contribution >= 4 is 17.4 Å². The Hall–Kier alpha value is -1.07. The number of aliphatic hydroxyl groups is 1. The fraction of sp³-hybridized carbons (Fsp3) is 0.556. The largest absolute Gasteiger partial charge is 0.393 e. The number of aliphatic hydroxyl groups excluding tert-OH is 1. The second kappa shape index (κ2) is 5.14. The molecular formula is C9H14ClN3O2. The molecule has 2 N–H and O–H groups in total. The molecule has 5 nitrogen and oxygen atoms in total. The Morgan fingerprint density at radius 2 is 2.40 bits per heavy atom. The average molecular weight is 232 g/mol. The maximum Gasteiger partial charge on any atom is 0.271 e. The Labute approximate surface area is 92.7 Å². The number of anilines is 1. The molecule has 1 unspecified atom stereocenters. The number of aromatic amines is 1. The quantitative estimate of drug-likeness (QED) is 0.798. The molecule has 0 aromatic carbocycles. The van der Waals surface area contributed by atoms with Gasteiger partial charge in [0, 0.05) is 13.6 Å². The van der Waals surface area contributed by atoms with Crippen LogP contribution in [-0.2, 0) is 0 Å². The third-order valence-electron chi connectivity index (χ3n) is 2.02. The highest BCUT2D eigenvalue weighted by molar-refractivity contribution is 6.32. The van der Waals surface area contributed by atoms with Gasteiger partial charge in [-0.25, -0.2) is 4.98 Å². The van der Waals surface area contributed by atoms with Gasteiger partial charge in [-0.3, -0.25) is 4.79 Å². The number of nitrogens with zero attached hydrogens (tertiary/aromatic N) is 2. The third-order valence-corrected chi connectivity index (χ3v) is 2.36. The van der Waals surface area contributed by atoms with Crippen LogP contribution in [0.15, 0.2) is 11.1 Å². The van der Waals surface area contributed by atoms with Crippen molar-refractivity contribution in [1.82, 2.24) is 9.97 Å². The van der Waals surface area contributed by atoms with E-state index in [0.29, 0.717) is 18.8 Å². The molecule has 0 aliphatic heterocycles. The topological polar surface area (TPSA) is 69.2 Å².